The Morgan fingerprint density at radius 3 is 2.66 bits per heavy atom. The Balaban J connectivity index is 1.56. The minimum absolute atomic E-state index is 0.0298. The number of aromatic nitrogens is 1. The number of halogens is 2. The number of fused-ring (bicyclic) bond motifs is 1. The van der Waals surface area contributed by atoms with Crippen molar-refractivity contribution in [1.29, 1.82) is 0 Å². The molecule has 1 unspecified atom stereocenters. The summed E-state index contributed by atoms with van der Waals surface area (Å²) in [5.74, 6) is -1.11. The monoisotopic (exact) mass is 411 g/mol. The number of benzene rings is 2. The molecule has 1 aliphatic rings. The SMILES string of the molecule is Cn1cccc1C(CNC(=O)c1c(F)cccc1Cl)N1CCc2ccccc2C1. The molecule has 0 bridgehead atoms. The molecule has 1 atom stereocenters. The number of rotatable bonds is 5. The molecule has 0 aliphatic carbocycles. The van der Waals surface area contributed by atoms with E-state index in [2.05, 4.69) is 45.1 Å². The van der Waals surface area contributed by atoms with E-state index in [0.29, 0.717) is 6.54 Å². The number of carbonyl (C=O) groups is 1. The van der Waals surface area contributed by atoms with Crippen molar-refractivity contribution in [2.45, 2.75) is 19.0 Å². The number of hydrogen-bond donors (Lipinski definition) is 1. The van der Waals surface area contributed by atoms with Crippen molar-refractivity contribution in [1.82, 2.24) is 14.8 Å². The Hall–Kier alpha value is -2.63. The number of nitrogens with zero attached hydrogens (tertiary/aromatic N) is 2. The Kier molecular flexibility index (Phi) is 5.69. The Labute approximate surface area is 174 Å². The fraction of sp³-hybridized carbons (Fsp3) is 0.261. The normalized spacial score (nSPS) is 15.0. The predicted molar refractivity (Wildman–Crippen MR) is 112 cm³/mol. The summed E-state index contributed by atoms with van der Waals surface area (Å²) in [6, 6.07) is 16.7. The lowest BCUT2D eigenvalue weighted by Crippen LogP contribution is -2.41. The Morgan fingerprint density at radius 1 is 1.14 bits per heavy atom. The fourth-order valence-corrected chi connectivity index (χ4v) is 4.27. The van der Waals surface area contributed by atoms with Crippen LogP contribution in [-0.2, 0) is 20.0 Å². The maximum absolute atomic E-state index is 14.1. The second-order valence-corrected chi connectivity index (χ2v) is 7.76. The van der Waals surface area contributed by atoms with Crippen molar-refractivity contribution >= 4 is 17.5 Å². The lowest BCUT2D eigenvalue weighted by molar-refractivity contribution is 0.0921. The van der Waals surface area contributed by atoms with Crippen molar-refractivity contribution in [3.05, 3.63) is 94.0 Å². The number of aryl methyl sites for hydroxylation is 1. The number of amides is 1. The molecule has 4 nitrogen and oxygen atoms in total. The zero-order chi connectivity index (χ0) is 20.4. The van der Waals surface area contributed by atoms with E-state index < -0.39 is 11.7 Å². The van der Waals surface area contributed by atoms with Crippen LogP contribution in [0.1, 0.15) is 33.2 Å². The second kappa shape index (κ2) is 8.39. The molecule has 1 amide bonds. The summed E-state index contributed by atoms with van der Waals surface area (Å²) in [6.07, 6.45) is 2.96. The smallest absolute Gasteiger partial charge is 0.255 e. The minimum Gasteiger partial charge on any atom is -0.353 e. The number of nitrogens with one attached hydrogen (secondary N) is 1. The minimum atomic E-state index is -0.614. The van der Waals surface area contributed by atoms with Gasteiger partial charge in [-0.15, -0.1) is 0 Å². The molecule has 0 fully saturated rings. The predicted octanol–water partition coefficient (Wildman–Crippen LogP) is 4.35. The first-order valence-corrected chi connectivity index (χ1v) is 10.1. The largest absolute Gasteiger partial charge is 0.353 e. The van der Waals surface area contributed by atoms with E-state index in [4.69, 9.17) is 11.6 Å². The second-order valence-electron chi connectivity index (χ2n) is 7.36. The maximum atomic E-state index is 14.1. The quantitative estimate of drug-likeness (QED) is 0.677. The number of hydrogen-bond acceptors (Lipinski definition) is 2. The molecule has 29 heavy (non-hydrogen) atoms. The van der Waals surface area contributed by atoms with Crippen molar-refractivity contribution < 1.29 is 9.18 Å². The van der Waals surface area contributed by atoms with Crippen molar-refractivity contribution in [3.8, 4) is 0 Å². The van der Waals surface area contributed by atoms with Gasteiger partial charge in [-0.2, -0.15) is 0 Å². The van der Waals surface area contributed by atoms with Crippen LogP contribution in [0, 0.1) is 5.82 Å². The summed E-state index contributed by atoms with van der Waals surface area (Å²) < 4.78 is 16.2. The highest BCUT2D eigenvalue weighted by molar-refractivity contribution is 6.33. The van der Waals surface area contributed by atoms with E-state index in [1.54, 1.807) is 0 Å². The molecule has 1 aliphatic heterocycles. The van der Waals surface area contributed by atoms with E-state index in [1.807, 2.05) is 19.3 Å². The first-order valence-electron chi connectivity index (χ1n) is 9.69. The van der Waals surface area contributed by atoms with Crippen LogP contribution in [0.25, 0.3) is 0 Å². The van der Waals surface area contributed by atoms with Crippen molar-refractivity contribution in [2.24, 2.45) is 7.05 Å². The van der Waals surface area contributed by atoms with E-state index in [-0.39, 0.29) is 16.6 Å². The van der Waals surface area contributed by atoms with Crippen molar-refractivity contribution in [3.63, 3.8) is 0 Å². The molecule has 0 radical (unpaired) electrons. The molecule has 1 aromatic heterocycles. The first kappa shape index (κ1) is 19.7. The molecule has 0 saturated carbocycles. The first-order chi connectivity index (χ1) is 14.0. The fourth-order valence-electron chi connectivity index (χ4n) is 4.02. The average Bonchev–Trinajstić information content (AvgIpc) is 3.13. The third kappa shape index (κ3) is 4.07. The lowest BCUT2D eigenvalue weighted by atomic mass is 9.97. The van der Waals surface area contributed by atoms with Crippen LogP contribution in [0.2, 0.25) is 5.02 Å². The summed E-state index contributed by atoms with van der Waals surface area (Å²) in [5, 5.41) is 3.01. The van der Waals surface area contributed by atoms with Gasteiger partial charge in [0.2, 0.25) is 0 Å². The summed E-state index contributed by atoms with van der Waals surface area (Å²) in [4.78, 5) is 15.0. The van der Waals surface area contributed by atoms with Gasteiger partial charge in [0.15, 0.2) is 0 Å². The van der Waals surface area contributed by atoms with Gasteiger partial charge in [0.25, 0.3) is 5.91 Å². The van der Waals surface area contributed by atoms with Crippen LogP contribution in [0.3, 0.4) is 0 Å². The van der Waals surface area contributed by atoms with Gasteiger partial charge < -0.3 is 9.88 Å². The highest BCUT2D eigenvalue weighted by Gasteiger charge is 2.27. The van der Waals surface area contributed by atoms with Crippen LogP contribution in [0.5, 0.6) is 0 Å². The molecule has 0 spiro atoms. The summed E-state index contributed by atoms with van der Waals surface area (Å²) in [7, 11) is 2.00. The van der Waals surface area contributed by atoms with Crippen LogP contribution in [0.4, 0.5) is 4.39 Å². The van der Waals surface area contributed by atoms with Gasteiger partial charge in [0.1, 0.15) is 5.82 Å². The zero-order valence-corrected chi connectivity index (χ0v) is 17.0. The third-order valence-corrected chi connectivity index (χ3v) is 5.89. The molecule has 0 saturated heterocycles. The highest BCUT2D eigenvalue weighted by atomic mass is 35.5. The van der Waals surface area contributed by atoms with Gasteiger partial charge >= 0.3 is 0 Å². The molecule has 4 rings (SSSR count). The van der Waals surface area contributed by atoms with E-state index in [0.717, 1.165) is 25.2 Å². The zero-order valence-electron chi connectivity index (χ0n) is 16.2. The van der Waals surface area contributed by atoms with Gasteiger partial charge in [-0.3, -0.25) is 9.69 Å². The van der Waals surface area contributed by atoms with Crippen LogP contribution >= 0.6 is 11.6 Å². The van der Waals surface area contributed by atoms with Gasteiger partial charge in [-0.1, -0.05) is 41.9 Å². The van der Waals surface area contributed by atoms with Crippen LogP contribution in [-0.4, -0.2) is 28.5 Å². The van der Waals surface area contributed by atoms with Crippen molar-refractivity contribution in [2.75, 3.05) is 13.1 Å². The Morgan fingerprint density at radius 2 is 1.93 bits per heavy atom. The third-order valence-electron chi connectivity index (χ3n) is 5.57. The lowest BCUT2D eigenvalue weighted by Gasteiger charge is -2.36. The molecular weight excluding hydrogens is 389 g/mol. The number of carbonyl (C=O) groups excluding carboxylic acids is 1. The standard InChI is InChI=1S/C23H23ClFN3O/c1-27-12-5-10-20(27)21(28-13-11-16-6-2-3-7-17(16)15-28)14-26-23(29)22-18(24)8-4-9-19(22)25/h2-10,12,21H,11,13-15H2,1H3,(H,26,29). The van der Waals surface area contributed by atoms with Crippen LogP contribution in [0.15, 0.2) is 60.8 Å². The van der Waals surface area contributed by atoms with Crippen LogP contribution < -0.4 is 5.32 Å². The molecule has 1 N–H and O–H groups in total. The van der Waals surface area contributed by atoms with E-state index in [9.17, 15) is 9.18 Å². The Bertz CT molecular complexity index is 1010. The highest BCUT2D eigenvalue weighted by Crippen LogP contribution is 2.28. The molecule has 3 aromatic rings. The topological polar surface area (TPSA) is 37.3 Å². The molecule has 150 valence electrons. The molecule has 6 heteroatoms. The molecular formula is C23H23ClFN3O. The van der Waals surface area contributed by atoms with Gasteiger partial charge in [-0.05, 0) is 41.8 Å². The summed E-state index contributed by atoms with van der Waals surface area (Å²) >= 11 is 6.05. The molecule has 2 aromatic carbocycles. The molecule has 2 heterocycles. The summed E-state index contributed by atoms with van der Waals surface area (Å²) in [5.41, 5.74) is 3.67. The van der Waals surface area contributed by atoms with Gasteiger partial charge in [0, 0.05) is 38.6 Å². The van der Waals surface area contributed by atoms with Gasteiger partial charge in [0.05, 0.1) is 16.6 Å². The summed E-state index contributed by atoms with van der Waals surface area (Å²) in [6.45, 7) is 2.06. The van der Waals surface area contributed by atoms with E-state index in [1.165, 1.54) is 29.3 Å². The van der Waals surface area contributed by atoms with E-state index >= 15 is 0 Å². The maximum Gasteiger partial charge on any atom is 0.255 e. The van der Waals surface area contributed by atoms with Gasteiger partial charge in [-0.25, -0.2) is 4.39 Å². The average molecular weight is 412 g/mol.